The summed E-state index contributed by atoms with van der Waals surface area (Å²) in [5.41, 5.74) is 1.99. The van der Waals surface area contributed by atoms with Crippen LogP contribution in [0.2, 0.25) is 0 Å². The van der Waals surface area contributed by atoms with E-state index < -0.39 is 6.16 Å². The molecule has 0 amide bonds. The number of ether oxygens (including phenoxy) is 2. The van der Waals surface area contributed by atoms with Gasteiger partial charge in [0.2, 0.25) is 0 Å². The van der Waals surface area contributed by atoms with E-state index in [-0.39, 0.29) is 5.60 Å². The van der Waals surface area contributed by atoms with Gasteiger partial charge in [0, 0.05) is 0 Å². The summed E-state index contributed by atoms with van der Waals surface area (Å²) in [6.45, 7) is 0.700. The summed E-state index contributed by atoms with van der Waals surface area (Å²) in [5.74, 6) is 2.80. The molecule has 2 bridgehead atoms. The fraction of sp³-hybridized carbons (Fsp3) is 0.480. The van der Waals surface area contributed by atoms with Gasteiger partial charge in [-0.1, -0.05) is 43.2 Å². The van der Waals surface area contributed by atoms with E-state index >= 15 is 0 Å². The van der Waals surface area contributed by atoms with Gasteiger partial charge in [-0.25, -0.2) is 4.79 Å². The molecule has 160 valence electrons. The molecular formula is C25H30O5. The molecule has 2 aromatic carbocycles. The zero-order valence-electron chi connectivity index (χ0n) is 17.3. The lowest BCUT2D eigenvalue weighted by Crippen LogP contribution is -2.26. The molecule has 0 unspecified atom stereocenters. The molecule has 3 aliphatic carbocycles. The first-order valence-electron chi connectivity index (χ1n) is 10.8. The monoisotopic (exact) mass is 410 g/mol. The Morgan fingerprint density at radius 3 is 2.27 bits per heavy atom. The fourth-order valence-corrected chi connectivity index (χ4v) is 5.24. The molecule has 0 spiro atoms. The number of hydrogen-bond donors (Lipinski definition) is 2. The van der Waals surface area contributed by atoms with Crippen molar-refractivity contribution in [3.8, 4) is 11.5 Å². The van der Waals surface area contributed by atoms with Gasteiger partial charge in [-0.3, -0.25) is 0 Å². The van der Waals surface area contributed by atoms with Gasteiger partial charge < -0.3 is 19.7 Å². The van der Waals surface area contributed by atoms with Gasteiger partial charge in [0.05, 0.1) is 12.2 Å². The van der Waals surface area contributed by atoms with Crippen molar-refractivity contribution < 1.29 is 24.5 Å². The van der Waals surface area contributed by atoms with Gasteiger partial charge in [0.25, 0.3) is 0 Å². The SMILES string of the molecule is O=C(O)O.c1ccc(Oc2cccc(COC34CCC(CC5CC5)(CC3)C4)c2)cc1. The molecule has 2 aromatic rings. The molecular weight excluding hydrogens is 380 g/mol. The highest BCUT2D eigenvalue weighted by molar-refractivity contribution is 5.53. The van der Waals surface area contributed by atoms with E-state index in [0.717, 1.165) is 17.4 Å². The van der Waals surface area contributed by atoms with E-state index in [1.807, 2.05) is 36.4 Å². The molecule has 3 aliphatic rings. The summed E-state index contributed by atoms with van der Waals surface area (Å²) in [7, 11) is 0. The Bertz CT molecular complexity index is 847. The van der Waals surface area contributed by atoms with Gasteiger partial charge in [-0.05, 0) is 79.7 Å². The lowest BCUT2D eigenvalue weighted by atomic mass is 9.79. The minimum absolute atomic E-state index is 0.158. The first kappa shape index (κ1) is 20.7. The quantitative estimate of drug-likeness (QED) is 0.530. The van der Waals surface area contributed by atoms with Crippen LogP contribution in [0.3, 0.4) is 0 Å². The number of benzene rings is 2. The van der Waals surface area contributed by atoms with Crippen LogP contribution < -0.4 is 4.74 Å². The maximum Gasteiger partial charge on any atom is 0.503 e. The van der Waals surface area contributed by atoms with E-state index in [1.165, 1.54) is 56.9 Å². The Morgan fingerprint density at radius 1 is 0.933 bits per heavy atom. The first-order chi connectivity index (χ1) is 14.5. The van der Waals surface area contributed by atoms with Gasteiger partial charge in [-0.2, -0.15) is 0 Å². The number of carbonyl (C=O) groups is 1. The van der Waals surface area contributed by atoms with Crippen molar-refractivity contribution in [2.24, 2.45) is 11.3 Å². The number of fused-ring (bicyclic) bond motifs is 2. The second-order valence-electron chi connectivity index (χ2n) is 9.14. The van der Waals surface area contributed by atoms with Crippen molar-refractivity contribution >= 4 is 6.16 Å². The predicted octanol–water partition coefficient (Wildman–Crippen LogP) is 6.72. The zero-order chi connectivity index (χ0) is 21.0. The minimum Gasteiger partial charge on any atom is -0.457 e. The van der Waals surface area contributed by atoms with Crippen LogP contribution in [0.4, 0.5) is 4.79 Å². The molecule has 3 saturated carbocycles. The summed E-state index contributed by atoms with van der Waals surface area (Å²) in [6.07, 6.45) is 9.20. The summed E-state index contributed by atoms with van der Waals surface area (Å²) < 4.78 is 12.5. The second kappa shape index (κ2) is 8.68. The molecule has 0 heterocycles. The maximum atomic E-state index is 8.56. The van der Waals surface area contributed by atoms with Crippen LogP contribution in [0.5, 0.6) is 11.5 Å². The van der Waals surface area contributed by atoms with Crippen LogP contribution in [0, 0.1) is 11.3 Å². The molecule has 5 rings (SSSR count). The third-order valence-electron chi connectivity index (χ3n) is 6.76. The van der Waals surface area contributed by atoms with E-state index in [2.05, 4.69) is 18.2 Å². The number of rotatable bonds is 7. The molecule has 0 saturated heterocycles. The zero-order valence-corrected chi connectivity index (χ0v) is 17.3. The Hall–Kier alpha value is -2.53. The highest BCUT2D eigenvalue weighted by atomic mass is 16.6. The third kappa shape index (κ3) is 5.33. The number of carboxylic acid groups (broad SMARTS) is 2. The van der Waals surface area contributed by atoms with Crippen molar-refractivity contribution in [1.82, 2.24) is 0 Å². The smallest absolute Gasteiger partial charge is 0.457 e. The molecule has 2 N–H and O–H groups in total. The highest BCUT2D eigenvalue weighted by Crippen LogP contribution is 2.62. The largest absolute Gasteiger partial charge is 0.503 e. The van der Waals surface area contributed by atoms with Crippen LogP contribution in [-0.4, -0.2) is 22.0 Å². The van der Waals surface area contributed by atoms with Crippen LogP contribution in [0.15, 0.2) is 54.6 Å². The maximum absolute atomic E-state index is 8.56. The van der Waals surface area contributed by atoms with Gasteiger partial charge in [0.1, 0.15) is 11.5 Å². The van der Waals surface area contributed by atoms with Gasteiger partial charge in [-0.15, -0.1) is 0 Å². The number of para-hydroxylation sites is 1. The summed E-state index contributed by atoms with van der Waals surface area (Å²) in [5, 5.41) is 13.9. The molecule has 3 fully saturated rings. The standard InChI is InChI=1S/C24H28O2.CH2O3/c1-2-6-21(7-3-1)26-22-8-4-5-20(15-22)17-25-24-13-11-23(18-24,12-14-24)16-19-9-10-19;2-1(3)4/h1-8,15,19H,9-14,16-18H2;(H2,2,3,4). The lowest BCUT2D eigenvalue weighted by molar-refractivity contribution is -0.0486. The van der Waals surface area contributed by atoms with Gasteiger partial charge in [0.15, 0.2) is 0 Å². The average Bonchev–Trinajstić information content (AvgIpc) is 3.36. The molecule has 5 heteroatoms. The van der Waals surface area contributed by atoms with E-state index in [9.17, 15) is 0 Å². The van der Waals surface area contributed by atoms with Crippen molar-refractivity contribution in [2.75, 3.05) is 0 Å². The molecule has 0 aliphatic heterocycles. The normalized spacial score (nSPS) is 26.7. The lowest BCUT2D eigenvalue weighted by Gasteiger charge is -2.28. The summed E-state index contributed by atoms with van der Waals surface area (Å²) in [6, 6.07) is 18.3. The Labute approximate surface area is 177 Å². The van der Waals surface area contributed by atoms with E-state index in [0.29, 0.717) is 12.0 Å². The van der Waals surface area contributed by atoms with Gasteiger partial charge >= 0.3 is 6.16 Å². The van der Waals surface area contributed by atoms with Crippen molar-refractivity contribution in [2.45, 2.75) is 63.6 Å². The van der Waals surface area contributed by atoms with Crippen LogP contribution in [0.25, 0.3) is 0 Å². The topological polar surface area (TPSA) is 76.0 Å². The Kier molecular flexibility index (Phi) is 6.00. The summed E-state index contributed by atoms with van der Waals surface area (Å²) in [4.78, 5) is 8.56. The molecule has 0 radical (unpaired) electrons. The minimum atomic E-state index is -1.83. The highest BCUT2D eigenvalue weighted by Gasteiger charge is 2.55. The first-order valence-corrected chi connectivity index (χ1v) is 10.8. The van der Waals surface area contributed by atoms with Crippen molar-refractivity contribution in [3.63, 3.8) is 0 Å². The predicted molar refractivity (Wildman–Crippen MR) is 114 cm³/mol. The average molecular weight is 411 g/mol. The van der Waals surface area contributed by atoms with E-state index in [1.54, 1.807) is 0 Å². The van der Waals surface area contributed by atoms with Crippen LogP contribution in [0.1, 0.15) is 56.9 Å². The Balaban J connectivity index is 0.000000503. The molecule has 0 aromatic heterocycles. The third-order valence-corrected chi connectivity index (χ3v) is 6.76. The number of hydrogen-bond acceptors (Lipinski definition) is 3. The van der Waals surface area contributed by atoms with Crippen LogP contribution in [-0.2, 0) is 11.3 Å². The van der Waals surface area contributed by atoms with Crippen LogP contribution >= 0.6 is 0 Å². The molecule has 5 nitrogen and oxygen atoms in total. The fourth-order valence-electron chi connectivity index (χ4n) is 5.24. The van der Waals surface area contributed by atoms with E-state index in [4.69, 9.17) is 24.5 Å². The Morgan fingerprint density at radius 2 is 1.60 bits per heavy atom. The van der Waals surface area contributed by atoms with Crippen molar-refractivity contribution in [1.29, 1.82) is 0 Å². The summed E-state index contributed by atoms with van der Waals surface area (Å²) >= 11 is 0. The molecule has 0 atom stereocenters. The molecule has 30 heavy (non-hydrogen) atoms. The van der Waals surface area contributed by atoms with Crippen molar-refractivity contribution in [3.05, 3.63) is 60.2 Å². The second-order valence-corrected chi connectivity index (χ2v) is 9.14.